The van der Waals surface area contributed by atoms with Gasteiger partial charge in [-0.05, 0) is 88.2 Å². The van der Waals surface area contributed by atoms with Gasteiger partial charge in [-0.15, -0.1) is 0 Å². The van der Waals surface area contributed by atoms with Crippen LogP contribution in [0, 0.1) is 23.2 Å². The molecule has 4 saturated carbocycles. The number of likely N-dealkylation sites (tertiary alicyclic amines) is 1. The molecule has 1 N–H and O–H groups in total. The lowest BCUT2D eigenvalue weighted by Gasteiger charge is -2.56. The van der Waals surface area contributed by atoms with Crippen molar-refractivity contribution >= 4 is 23.3 Å². The number of benzene rings is 1. The van der Waals surface area contributed by atoms with Crippen LogP contribution >= 0.6 is 0 Å². The Morgan fingerprint density at radius 3 is 2.31 bits per heavy atom. The standard InChI is InChI=1S/C24H30N2O3/c1-15(27)19-4-2-5-20(11-19)25-22(28)21-6-3-7-26(21)23(29)24-12-16-8-17(13-24)10-18(9-16)14-24/h2,4-5,11,16-18,21H,3,6-10,12-14H2,1H3,(H,25,28). The van der Waals surface area contributed by atoms with Gasteiger partial charge in [-0.3, -0.25) is 14.4 Å². The highest BCUT2D eigenvalue weighted by atomic mass is 16.2. The van der Waals surface area contributed by atoms with Crippen molar-refractivity contribution in [2.45, 2.75) is 64.3 Å². The molecule has 0 spiro atoms. The number of hydrogen-bond acceptors (Lipinski definition) is 3. The molecule has 5 heteroatoms. The minimum atomic E-state index is -0.392. The molecule has 1 unspecified atom stereocenters. The first-order valence-electron chi connectivity index (χ1n) is 11.2. The molecule has 1 aromatic carbocycles. The second-order valence-electron chi connectivity index (χ2n) is 9.98. The van der Waals surface area contributed by atoms with E-state index in [4.69, 9.17) is 0 Å². The van der Waals surface area contributed by atoms with Gasteiger partial charge >= 0.3 is 0 Å². The summed E-state index contributed by atoms with van der Waals surface area (Å²) >= 11 is 0. The molecule has 2 amide bonds. The summed E-state index contributed by atoms with van der Waals surface area (Å²) in [6, 6.07) is 6.64. The van der Waals surface area contributed by atoms with Crippen molar-refractivity contribution in [3.63, 3.8) is 0 Å². The third-order valence-electron chi connectivity index (χ3n) is 7.84. The molecule has 0 radical (unpaired) electrons. The molecule has 4 bridgehead atoms. The maximum atomic E-state index is 13.7. The molecule has 5 nitrogen and oxygen atoms in total. The van der Waals surface area contributed by atoms with E-state index in [2.05, 4.69) is 5.32 Å². The van der Waals surface area contributed by atoms with Gasteiger partial charge in [-0.2, -0.15) is 0 Å². The summed E-state index contributed by atoms with van der Waals surface area (Å²) in [5.74, 6) is 2.24. The van der Waals surface area contributed by atoms with E-state index in [0.717, 1.165) is 49.9 Å². The van der Waals surface area contributed by atoms with E-state index >= 15 is 0 Å². The fourth-order valence-corrected chi connectivity index (χ4v) is 7.00. The topological polar surface area (TPSA) is 66.5 Å². The van der Waals surface area contributed by atoms with Crippen LogP contribution in [0.1, 0.15) is 68.6 Å². The molecule has 1 aromatic rings. The molecule has 5 aliphatic rings. The van der Waals surface area contributed by atoms with Crippen LogP contribution in [0.5, 0.6) is 0 Å². The van der Waals surface area contributed by atoms with E-state index in [-0.39, 0.29) is 23.0 Å². The highest BCUT2D eigenvalue weighted by molar-refractivity contribution is 6.00. The fraction of sp³-hybridized carbons (Fsp3) is 0.625. The number of nitrogens with zero attached hydrogens (tertiary/aromatic N) is 1. The lowest BCUT2D eigenvalue weighted by atomic mass is 9.49. The minimum absolute atomic E-state index is 0.0272. The van der Waals surface area contributed by atoms with Gasteiger partial charge in [0.2, 0.25) is 11.8 Å². The quantitative estimate of drug-likeness (QED) is 0.784. The highest BCUT2D eigenvalue weighted by Gasteiger charge is 2.56. The van der Waals surface area contributed by atoms with Gasteiger partial charge in [0.25, 0.3) is 0 Å². The Kier molecular flexibility index (Phi) is 4.52. The molecule has 1 aliphatic heterocycles. The summed E-state index contributed by atoms with van der Waals surface area (Å²) in [6.07, 6.45) is 8.62. The molecule has 1 heterocycles. The van der Waals surface area contributed by atoms with Crippen LogP contribution in [-0.2, 0) is 9.59 Å². The summed E-state index contributed by atoms with van der Waals surface area (Å²) in [5, 5.41) is 2.95. The molecular weight excluding hydrogens is 364 g/mol. The number of nitrogens with one attached hydrogen (secondary N) is 1. The summed E-state index contributed by atoms with van der Waals surface area (Å²) in [5.41, 5.74) is 0.999. The summed E-state index contributed by atoms with van der Waals surface area (Å²) < 4.78 is 0. The summed E-state index contributed by atoms with van der Waals surface area (Å²) in [7, 11) is 0. The Morgan fingerprint density at radius 1 is 1.03 bits per heavy atom. The molecule has 1 atom stereocenters. The van der Waals surface area contributed by atoms with Crippen molar-refractivity contribution in [2.24, 2.45) is 23.2 Å². The van der Waals surface area contributed by atoms with Crippen molar-refractivity contribution < 1.29 is 14.4 Å². The van der Waals surface area contributed by atoms with E-state index in [9.17, 15) is 14.4 Å². The van der Waals surface area contributed by atoms with Crippen LogP contribution in [0.2, 0.25) is 0 Å². The second kappa shape index (κ2) is 6.96. The molecular formula is C24H30N2O3. The van der Waals surface area contributed by atoms with E-state index < -0.39 is 6.04 Å². The second-order valence-corrected chi connectivity index (χ2v) is 9.98. The molecule has 29 heavy (non-hydrogen) atoms. The first-order chi connectivity index (χ1) is 13.9. The third-order valence-corrected chi connectivity index (χ3v) is 7.84. The van der Waals surface area contributed by atoms with Crippen LogP contribution < -0.4 is 5.32 Å². The van der Waals surface area contributed by atoms with Gasteiger partial charge in [-0.25, -0.2) is 0 Å². The Morgan fingerprint density at radius 2 is 1.69 bits per heavy atom. The number of carbonyl (C=O) groups is 3. The van der Waals surface area contributed by atoms with Gasteiger partial charge in [-0.1, -0.05) is 12.1 Å². The van der Waals surface area contributed by atoms with Crippen molar-refractivity contribution in [3.8, 4) is 0 Å². The Labute approximate surface area is 172 Å². The molecule has 6 rings (SSSR count). The van der Waals surface area contributed by atoms with Crippen molar-refractivity contribution in [2.75, 3.05) is 11.9 Å². The molecule has 4 aliphatic carbocycles. The number of anilines is 1. The Balaban J connectivity index is 1.32. The van der Waals surface area contributed by atoms with Crippen molar-refractivity contribution in [1.29, 1.82) is 0 Å². The monoisotopic (exact) mass is 394 g/mol. The SMILES string of the molecule is CC(=O)c1cccc(NC(=O)C2CCCN2C(=O)C23CC4CC(CC(C4)C2)C3)c1. The van der Waals surface area contributed by atoms with Gasteiger partial charge in [0, 0.05) is 17.8 Å². The molecule has 0 aromatic heterocycles. The van der Waals surface area contributed by atoms with Gasteiger partial charge < -0.3 is 10.2 Å². The predicted molar refractivity (Wildman–Crippen MR) is 110 cm³/mol. The maximum Gasteiger partial charge on any atom is 0.247 e. The van der Waals surface area contributed by atoms with Gasteiger partial charge in [0.1, 0.15) is 6.04 Å². The number of ketones is 1. The van der Waals surface area contributed by atoms with E-state index in [1.54, 1.807) is 24.3 Å². The van der Waals surface area contributed by atoms with E-state index in [1.807, 2.05) is 4.90 Å². The van der Waals surface area contributed by atoms with Crippen LogP contribution in [0.4, 0.5) is 5.69 Å². The first kappa shape index (κ1) is 18.8. The smallest absolute Gasteiger partial charge is 0.247 e. The number of hydrogen-bond donors (Lipinski definition) is 1. The van der Waals surface area contributed by atoms with Crippen LogP contribution in [0.15, 0.2) is 24.3 Å². The largest absolute Gasteiger partial charge is 0.330 e. The Bertz CT molecular complexity index is 826. The maximum absolute atomic E-state index is 13.7. The number of amides is 2. The zero-order chi connectivity index (χ0) is 20.2. The normalized spacial score (nSPS) is 35.0. The minimum Gasteiger partial charge on any atom is -0.330 e. The lowest BCUT2D eigenvalue weighted by molar-refractivity contribution is -0.160. The number of rotatable bonds is 4. The Hall–Kier alpha value is -2.17. The zero-order valence-electron chi connectivity index (χ0n) is 17.2. The average molecular weight is 395 g/mol. The molecule has 154 valence electrons. The summed E-state index contributed by atoms with van der Waals surface area (Å²) in [4.78, 5) is 40.3. The number of Topliss-reactive ketones (excluding diaryl/α,β-unsaturated/α-hetero) is 1. The molecule has 5 fully saturated rings. The van der Waals surface area contributed by atoms with Crippen LogP contribution in [0.25, 0.3) is 0 Å². The third kappa shape index (κ3) is 3.28. The first-order valence-corrected chi connectivity index (χ1v) is 11.2. The van der Waals surface area contributed by atoms with Gasteiger partial charge in [0.15, 0.2) is 5.78 Å². The fourth-order valence-electron chi connectivity index (χ4n) is 7.00. The van der Waals surface area contributed by atoms with Crippen molar-refractivity contribution in [1.82, 2.24) is 4.90 Å². The van der Waals surface area contributed by atoms with Crippen LogP contribution in [0.3, 0.4) is 0 Å². The predicted octanol–water partition coefficient (Wildman–Crippen LogP) is 4.04. The molecule has 1 saturated heterocycles. The summed E-state index contributed by atoms with van der Waals surface area (Å²) in [6.45, 7) is 2.20. The number of carbonyl (C=O) groups excluding carboxylic acids is 3. The highest BCUT2D eigenvalue weighted by Crippen LogP contribution is 2.60. The van der Waals surface area contributed by atoms with E-state index in [1.165, 1.54) is 26.2 Å². The van der Waals surface area contributed by atoms with Crippen LogP contribution in [-0.4, -0.2) is 35.1 Å². The lowest BCUT2D eigenvalue weighted by Crippen LogP contribution is -2.56. The van der Waals surface area contributed by atoms with Gasteiger partial charge in [0.05, 0.1) is 5.41 Å². The average Bonchev–Trinajstić information content (AvgIpc) is 3.16. The zero-order valence-corrected chi connectivity index (χ0v) is 17.2. The van der Waals surface area contributed by atoms with Crippen molar-refractivity contribution in [3.05, 3.63) is 29.8 Å². The van der Waals surface area contributed by atoms with E-state index in [0.29, 0.717) is 17.8 Å².